The monoisotopic (exact) mass is 371 g/mol. The molecule has 2 N–H and O–H groups in total. The van der Waals surface area contributed by atoms with Crippen LogP contribution in [0.5, 0.6) is 0 Å². The average Bonchev–Trinajstić information content (AvgIpc) is 3.38. The maximum Gasteiger partial charge on any atom is 0.243 e. The largest absolute Gasteiger partial charge is 0.468 e. The minimum Gasteiger partial charge on any atom is -0.468 e. The third kappa shape index (κ3) is 4.05. The molecule has 2 aromatic heterocycles. The topological polar surface area (TPSA) is 94.5 Å². The van der Waals surface area contributed by atoms with Crippen molar-refractivity contribution in [3.05, 3.63) is 42.4 Å². The SMILES string of the molecule is O=C1NCCN(C(=O)C2CCN(Cc3ccco3)CC2)C1Cc1cnc[nH]1. The first-order valence-corrected chi connectivity index (χ1v) is 9.51. The van der Waals surface area contributed by atoms with Gasteiger partial charge in [0, 0.05) is 37.3 Å². The van der Waals surface area contributed by atoms with Crippen LogP contribution in [0.2, 0.25) is 0 Å². The maximum absolute atomic E-state index is 13.1. The molecule has 144 valence electrons. The smallest absolute Gasteiger partial charge is 0.243 e. The molecule has 0 bridgehead atoms. The summed E-state index contributed by atoms with van der Waals surface area (Å²) in [7, 11) is 0. The quantitative estimate of drug-likeness (QED) is 0.810. The zero-order valence-corrected chi connectivity index (χ0v) is 15.3. The molecular formula is C19H25N5O3. The highest BCUT2D eigenvalue weighted by molar-refractivity contribution is 5.89. The number of furan rings is 1. The average molecular weight is 371 g/mol. The summed E-state index contributed by atoms with van der Waals surface area (Å²) < 4.78 is 5.41. The summed E-state index contributed by atoms with van der Waals surface area (Å²) in [6, 6.07) is 3.41. The van der Waals surface area contributed by atoms with E-state index in [1.807, 2.05) is 12.1 Å². The standard InChI is InChI=1S/C19H25N5O3/c25-18-17(10-15-11-20-13-22-15)24(8-5-21-18)19(26)14-3-6-23(7-4-14)12-16-2-1-9-27-16/h1-2,9,11,13-14,17H,3-8,10,12H2,(H,20,22)(H,21,25). The van der Waals surface area contributed by atoms with Gasteiger partial charge in [-0.15, -0.1) is 0 Å². The van der Waals surface area contributed by atoms with Crippen molar-refractivity contribution >= 4 is 11.8 Å². The zero-order valence-electron chi connectivity index (χ0n) is 15.3. The van der Waals surface area contributed by atoms with Crippen LogP contribution in [-0.4, -0.2) is 63.8 Å². The zero-order chi connectivity index (χ0) is 18.6. The van der Waals surface area contributed by atoms with Gasteiger partial charge in [-0.1, -0.05) is 0 Å². The molecule has 2 amide bonds. The van der Waals surface area contributed by atoms with E-state index in [2.05, 4.69) is 20.2 Å². The van der Waals surface area contributed by atoms with Crippen molar-refractivity contribution in [3.8, 4) is 0 Å². The van der Waals surface area contributed by atoms with Crippen LogP contribution in [0.1, 0.15) is 24.3 Å². The van der Waals surface area contributed by atoms with Crippen molar-refractivity contribution in [3.63, 3.8) is 0 Å². The summed E-state index contributed by atoms with van der Waals surface area (Å²) in [5.41, 5.74) is 0.864. The minimum absolute atomic E-state index is 0.0204. The van der Waals surface area contributed by atoms with Crippen molar-refractivity contribution in [2.75, 3.05) is 26.2 Å². The number of piperazine rings is 1. The molecule has 0 aromatic carbocycles. The predicted molar refractivity (Wildman–Crippen MR) is 97.5 cm³/mol. The van der Waals surface area contributed by atoms with Gasteiger partial charge in [-0.05, 0) is 38.1 Å². The van der Waals surface area contributed by atoms with E-state index < -0.39 is 6.04 Å². The molecule has 0 spiro atoms. The number of aromatic nitrogens is 2. The molecule has 2 aromatic rings. The Morgan fingerprint density at radius 1 is 1.30 bits per heavy atom. The van der Waals surface area contributed by atoms with Crippen molar-refractivity contribution in [2.24, 2.45) is 5.92 Å². The second kappa shape index (κ2) is 7.96. The Balaban J connectivity index is 1.36. The Labute approximate surface area is 157 Å². The van der Waals surface area contributed by atoms with E-state index in [0.29, 0.717) is 19.5 Å². The first-order chi connectivity index (χ1) is 13.2. The number of hydrogen-bond donors (Lipinski definition) is 2. The Hall–Kier alpha value is -2.61. The number of carbonyl (C=O) groups is 2. The van der Waals surface area contributed by atoms with Gasteiger partial charge in [-0.25, -0.2) is 4.98 Å². The van der Waals surface area contributed by atoms with E-state index in [0.717, 1.165) is 43.9 Å². The first-order valence-electron chi connectivity index (χ1n) is 9.51. The van der Waals surface area contributed by atoms with Crippen LogP contribution in [0.25, 0.3) is 0 Å². The second-order valence-corrected chi connectivity index (χ2v) is 7.25. The maximum atomic E-state index is 13.1. The fraction of sp³-hybridized carbons (Fsp3) is 0.526. The Kier molecular flexibility index (Phi) is 5.24. The number of amides is 2. The van der Waals surface area contributed by atoms with Gasteiger partial charge in [0.2, 0.25) is 11.8 Å². The van der Waals surface area contributed by atoms with Crippen LogP contribution in [0, 0.1) is 5.92 Å². The Morgan fingerprint density at radius 3 is 2.85 bits per heavy atom. The van der Waals surface area contributed by atoms with Crippen LogP contribution in [0.3, 0.4) is 0 Å². The highest BCUT2D eigenvalue weighted by Crippen LogP contribution is 2.23. The Bertz CT molecular complexity index is 750. The summed E-state index contributed by atoms with van der Waals surface area (Å²) >= 11 is 0. The number of H-pyrrole nitrogens is 1. The van der Waals surface area contributed by atoms with Crippen LogP contribution >= 0.6 is 0 Å². The van der Waals surface area contributed by atoms with Gasteiger partial charge < -0.3 is 19.6 Å². The van der Waals surface area contributed by atoms with E-state index in [1.54, 1.807) is 23.7 Å². The summed E-state index contributed by atoms with van der Waals surface area (Å²) in [4.78, 5) is 36.7. The van der Waals surface area contributed by atoms with Crippen LogP contribution in [-0.2, 0) is 22.6 Å². The minimum atomic E-state index is -0.465. The number of rotatable bonds is 5. The molecule has 8 heteroatoms. The van der Waals surface area contributed by atoms with E-state index in [4.69, 9.17) is 4.42 Å². The Morgan fingerprint density at radius 2 is 2.15 bits per heavy atom. The van der Waals surface area contributed by atoms with Crippen LogP contribution in [0.15, 0.2) is 35.3 Å². The van der Waals surface area contributed by atoms with Gasteiger partial charge in [0.1, 0.15) is 11.8 Å². The van der Waals surface area contributed by atoms with Crippen molar-refractivity contribution in [2.45, 2.75) is 31.8 Å². The molecule has 1 atom stereocenters. The van der Waals surface area contributed by atoms with E-state index in [-0.39, 0.29) is 17.7 Å². The second-order valence-electron chi connectivity index (χ2n) is 7.25. The van der Waals surface area contributed by atoms with Crippen LogP contribution in [0.4, 0.5) is 0 Å². The molecule has 2 aliphatic heterocycles. The molecule has 2 fully saturated rings. The molecule has 27 heavy (non-hydrogen) atoms. The number of nitrogens with one attached hydrogen (secondary N) is 2. The number of aromatic amines is 1. The van der Waals surface area contributed by atoms with E-state index in [9.17, 15) is 9.59 Å². The fourth-order valence-electron chi connectivity index (χ4n) is 3.98. The summed E-state index contributed by atoms with van der Waals surface area (Å²) in [5, 5.41) is 2.88. The predicted octanol–water partition coefficient (Wildman–Crippen LogP) is 0.784. The number of nitrogens with zero attached hydrogens (tertiary/aromatic N) is 3. The molecule has 8 nitrogen and oxygen atoms in total. The lowest BCUT2D eigenvalue weighted by Crippen LogP contribution is -2.59. The van der Waals surface area contributed by atoms with Crippen LogP contribution < -0.4 is 5.32 Å². The lowest BCUT2D eigenvalue weighted by atomic mass is 9.93. The van der Waals surface area contributed by atoms with Crippen molar-refractivity contribution in [1.82, 2.24) is 25.1 Å². The van der Waals surface area contributed by atoms with Gasteiger partial charge in [0.05, 0.1) is 19.1 Å². The number of hydrogen-bond acceptors (Lipinski definition) is 5. The number of piperidine rings is 1. The first kappa shape index (κ1) is 17.8. The lowest BCUT2D eigenvalue weighted by Gasteiger charge is -2.39. The molecule has 2 aliphatic rings. The van der Waals surface area contributed by atoms with Gasteiger partial charge >= 0.3 is 0 Å². The van der Waals surface area contributed by atoms with Crippen molar-refractivity contribution in [1.29, 1.82) is 0 Å². The third-order valence-electron chi connectivity index (χ3n) is 5.48. The molecule has 4 rings (SSSR count). The lowest BCUT2D eigenvalue weighted by molar-refractivity contribution is -0.147. The third-order valence-corrected chi connectivity index (χ3v) is 5.48. The summed E-state index contributed by atoms with van der Waals surface area (Å²) in [6.07, 6.45) is 7.08. The normalized spacial score (nSPS) is 22.0. The van der Waals surface area contributed by atoms with Gasteiger partial charge in [0.25, 0.3) is 0 Å². The van der Waals surface area contributed by atoms with Gasteiger partial charge in [-0.3, -0.25) is 14.5 Å². The molecule has 4 heterocycles. The van der Waals surface area contributed by atoms with E-state index in [1.165, 1.54) is 0 Å². The van der Waals surface area contributed by atoms with E-state index >= 15 is 0 Å². The molecule has 1 unspecified atom stereocenters. The fourth-order valence-corrected chi connectivity index (χ4v) is 3.98. The highest BCUT2D eigenvalue weighted by atomic mass is 16.3. The van der Waals surface area contributed by atoms with Crippen molar-refractivity contribution < 1.29 is 14.0 Å². The van der Waals surface area contributed by atoms with Gasteiger partial charge in [-0.2, -0.15) is 0 Å². The summed E-state index contributed by atoms with van der Waals surface area (Å²) in [6.45, 7) is 3.59. The number of likely N-dealkylation sites (tertiary alicyclic amines) is 1. The molecular weight excluding hydrogens is 346 g/mol. The van der Waals surface area contributed by atoms with Gasteiger partial charge in [0.15, 0.2) is 0 Å². The summed E-state index contributed by atoms with van der Waals surface area (Å²) in [5.74, 6) is 0.951. The molecule has 0 radical (unpaired) electrons. The molecule has 0 aliphatic carbocycles. The highest BCUT2D eigenvalue weighted by Gasteiger charge is 2.37. The number of carbonyl (C=O) groups excluding carboxylic acids is 2. The number of imidazole rings is 1. The molecule has 0 saturated carbocycles. The molecule has 2 saturated heterocycles.